The van der Waals surface area contributed by atoms with Crippen molar-refractivity contribution in [1.29, 1.82) is 0 Å². The Kier molecular flexibility index (Phi) is 4.59. The van der Waals surface area contributed by atoms with Crippen LogP contribution in [0.1, 0.15) is 5.56 Å². The molecule has 0 radical (unpaired) electrons. The van der Waals surface area contributed by atoms with Crippen molar-refractivity contribution in [2.45, 2.75) is 11.1 Å². The summed E-state index contributed by atoms with van der Waals surface area (Å²) in [6.07, 6.45) is -2.52. The second-order valence-electron chi connectivity index (χ2n) is 5.25. The van der Waals surface area contributed by atoms with Crippen LogP contribution in [0.3, 0.4) is 0 Å². The molecule has 0 atom stereocenters. The fraction of sp³-hybridized carbons (Fsp3) is 0.0667. The van der Waals surface area contributed by atoms with Gasteiger partial charge in [0.05, 0.1) is 16.9 Å². The minimum absolute atomic E-state index is 0.0772. The van der Waals surface area contributed by atoms with Crippen LogP contribution in [-0.4, -0.2) is 23.2 Å². The van der Waals surface area contributed by atoms with E-state index in [2.05, 4.69) is 10.1 Å². The van der Waals surface area contributed by atoms with Crippen LogP contribution in [-0.2, 0) is 16.2 Å². The summed E-state index contributed by atoms with van der Waals surface area (Å²) in [5, 5.41) is 3.74. The highest BCUT2D eigenvalue weighted by Crippen LogP contribution is 2.34. The van der Waals surface area contributed by atoms with Gasteiger partial charge in [0.2, 0.25) is 0 Å². The smallest absolute Gasteiger partial charge is 0.277 e. The van der Waals surface area contributed by atoms with E-state index in [1.807, 2.05) is 4.72 Å². The van der Waals surface area contributed by atoms with Gasteiger partial charge < -0.3 is 0 Å². The summed E-state index contributed by atoms with van der Waals surface area (Å²) in [4.78, 5) is 2.71. The Morgan fingerprint density at radius 1 is 1.04 bits per heavy atom. The van der Waals surface area contributed by atoms with Crippen LogP contribution in [0.25, 0.3) is 5.69 Å². The zero-order valence-electron chi connectivity index (χ0n) is 13.1. The second-order valence-corrected chi connectivity index (χ2v) is 6.90. The SMILES string of the molecule is O=S(=O)(Nc1cc(C(F)(F)F)ccc1-n1cncn1)c1ccc(F)cc1F. The third-order valence-electron chi connectivity index (χ3n) is 3.42. The Morgan fingerprint density at radius 3 is 2.37 bits per heavy atom. The number of hydrogen-bond donors (Lipinski definition) is 1. The lowest BCUT2D eigenvalue weighted by Crippen LogP contribution is -2.17. The van der Waals surface area contributed by atoms with E-state index in [9.17, 15) is 30.4 Å². The van der Waals surface area contributed by atoms with Gasteiger partial charge in [-0.05, 0) is 30.3 Å². The predicted octanol–water partition coefficient (Wildman–Crippen LogP) is 3.37. The molecule has 0 unspecified atom stereocenters. The quantitative estimate of drug-likeness (QED) is 0.677. The second kappa shape index (κ2) is 6.61. The van der Waals surface area contributed by atoms with Gasteiger partial charge >= 0.3 is 6.18 Å². The molecule has 12 heteroatoms. The summed E-state index contributed by atoms with van der Waals surface area (Å²) >= 11 is 0. The molecule has 27 heavy (non-hydrogen) atoms. The molecule has 1 aromatic heterocycles. The van der Waals surface area contributed by atoms with Crippen molar-refractivity contribution < 1.29 is 30.4 Å². The fourth-order valence-electron chi connectivity index (χ4n) is 2.22. The van der Waals surface area contributed by atoms with Crippen molar-refractivity contribution in [3.8, 4) is 5.69 Å². The molecule has 3 rings (SSSR count). The van der Waals surface area contributed by atoms with Crippen molar-refractivity contribution in [3.05, 3.63) is 66.3 Å². The van der Waals surface area contributed by atoms with E-state index in [1.165, 1.54) is 0 Å². The van der Waals surface area contributed by atoms with Gasteiger partial charge in [0.15, 0.2) is 0 Å². The summed E-state index contributed by atoms with van der Waals surface area (Å²) < 4.78 is 93.5. The number of aromatic nitrogens is 3. The minimum Gasteiger partial charge on any atom is -0.277 e. The molecule has 3 aromatic rings. The molecule has 1 heterocycles. The molecule has 0 aliphatic carbocycles. The van der Waals surface area contributed by atoms with Crippen LogP contribution in [0.5, 0.6) is 0 Å². The van der Waals surface area contributed by atoms with Crippen LogP contribution in [0.2, 0.25) is 0 Å². The molecule has 0 saturated heterocycles. The summed E-state index contributed by atoms with van der Waals surface area (Å²) in [6, 6.07) is 3.97. The van der Waals surface area contributed by atoms with Crippen LogP contribution >= 0.6 is 0 Å². The normalized spacial score (nSPS) is 12.2. The highest BCUT2D eigenvalue weighted by atomic mass is 32.2. The van der Waals surface area contributed by atoms with E-state index in [0.717, 1.165) is 29.5 Å². The molecule has 0 aliphatic heterocycles. The molecule has 0 fully saturated rings. The minimum atomic E-state index is -4.75. The van der Waals surface area contributed by atoms with E-state index >= 15 is 0 Å². The van der Waals surface area contributed by atoms with E-state index in [0.29, 0.717) is 24.3 Å². The molecule has 0 aliphatic rings. The molecule has 1 N–H and O–H groups in total. The number of rotatable bonds is 4. The van der Waals surface area contributed by atoms with E-state index in [4.69, 9.17) is 0 Å². The van der Waals surface area contributed by atoms with E-state index in [1.54, 1.807) is 0 Å². The van der Waals surface area contributed by atoms with Gasteiger partial charge in [-0.2, -0.15) is 18.3 Å². The monoisotopic (exact) mass is 404 g/mol. The zero-order valence-corrected chi connectivity index (χ0v) is 13.9. The van der Waals surface area contributed by atoms with Crippen LogP contribution in [0.4, 0.5) is 27.6 Å². The van der Waals surface area contributed by atoms with Crippen molar-refractivity contribution in [2.75, 3.05) is 4.72 Å². The number of alkyl halides is 3. The third-order valence-corrected chi connectivity index (χ3v) is 4.82. The molecule has 0 amide bonds. The number of nitrogens with zero attached hydrogens (tertiary/aromatic N) is 3. The molecular weight excluding hydrogens is 395 g/mol. The predicted molar refractivity (Wildman–Crippen MR) is 83.5 cm³/mol. The Bertz CT molecular complexity index is 1080. The maximum absolute atomic E-state index is 13.8. The lowest BCUT2D eigenvalue weighted by atomic mass is 10.1. The summed E-state index contributed by atoms with van der Waals surface area (Å²) in [5.74, 6) is -2.40. The first-order valence-corrected chi connectivity index (χ1v) is 8.60. The first kappa shape index (κ1) is 18.8. The highest BCUT2D eigenvalue weighted by molar-refractivity contribution is 7.92. The molecule has 2 aromatic carbocycles. The number of anilines is 1. The molecule has 0 bridgehead atoms. The third kappa shape index (κ3) is 3.89. The first-order valence-electron chi connectivity index (χ1n) is 7.12. The van der Waals surface area contributed by atoms with Gasteiger partial charge in [-0.1, -0.05) is 0 Å². The molecule has 0 saturated carbocycles. The number of sulfonamides is 1. The van der Waals surface area contributed by atoms with Gasteiger partial charge in [-0.25, -0.2) is 26.9 Å². The fourth-order valence-corrected chi connectivity index (χ4v) is 3.35. The average Bonchev–Trinajstić information content (AvgIpc) is 3.07. The van der Waals surface area contributed by atoms with Crippen LogP contribution in [0.15, 0.2) is 53.9 Å². The largest absolute Gasteiger partial charge is 0.416 e. The lowest BCUT2D eigenvalue weighted by molar-refractivity contribution is -0.137. The number of nitrogens with one attached hydrogen (secondary N) is 1. The van der Waals surface area contributed by atoms with Gasteiger partial charge in [-0.3, -0.25) is 4.72 Å². The Hall–Kier alpha value is -3.02. The van der Waals surface area contributed by atoms with Crippen molar-refractivity contribution >= 4 is 15.7 Å². The van der Waals surface area contributed by atoms with Crippen molar-refractivity contribution in [2.24, 2.45) is 0 Å². The molecule has 0 spiro atoms. The summed E-state index contributed by atoms with van der Waals surface area (Å²) in [7, 11) is -4.66. The Balaban J connectivity index is 2.11. The zero-order chi connectivity index (χ0) is 19.8. The number of benzene rings is 2. The Labute approximate surface area is 149 Å². The van der Waals surface area contributed by atoms with Gasteiger partial charge in [0, 0.05) is 6.07 Å². The topological polar surface area (TPSA) is 76.9 Å². The number of hydrogen-bond acceptors (Lipinski definition) is 4. The summed E-state index contributed by atoms with van der Waals surface area (Å²) in [5.41, 5.74) is -1.73. The van der Waals surface area contributed by atoms with E-state index < -0.39 is 44.0 Å². The Morgan fingerprint density at radius 2 is 1.78 bits per heavy atom. The maximum atomic E-state index is 13.8. The van der Waals surface area contributed by atoms with Gasteiger partial charge in [0.25, 0.3) is 10.0 Å². The van der Waals surface area contributed by atoms with Gasteiger partial charge in [-0.15, -0.1) is 0 Å². The average molecular weight is 404 g/mol. The highest BCUT2D eigenvalue weighted by Gasteiger charge is 2.32. The molecular formula is C15H9F5N4O2S. The maximum Gasteiger partial charge on any atom is 0.416 e. The standard InChI is InChI=1S/C15H9F5N4O2S/c16-10-2-4-14(11(17)6-10)27(25,26)23-12-5-9(15(18,19)20)1-3-13(12)24-8-21-7-22-24/h1-8,23H. The lowest BCUT2D eigenvalue weighted by Gasteiger charge is -2.15. The van der Waals surface area contributed by atoms with Crippen molar-refractivity contribution in [3.63, 3.8) is 0 Å². The van der Waals surface area contributed by atoms with E-state index in [-0.39, 0.29) is 5.69 Å². The van der Waals surface area contributed by atoms with Gasteiger partial charge in [0.1, 0.15) is 29.2 Å². The summed E-state index contributed by atoms with van der Waals surface area (Å²) in [6.45, 7) is 0. The van der Waals surface area contributed by atoms with Crippen LogP contribution < -0.4 is 4.72 Å². The first-order chi connectivity index (χ1) is 12.6. The molecule has 142 valence electrons. The molecule has 6 nitrogen and oxygen atoms in total. The van der Waals surface area contributed by atoms with Crippen molar-refractivity contribution in [1.82, 2.24) is 14.8 Å². The number of halogens is 5. The van der Waals surface area contributed by atoms with Crippen LogP contribution in [0, 0.1) is 11.6 Å².